The van der Waals surface area contributed by atoms with Crippen LogP contribution in [0.1, 0.15) is 46.5 Å². The SMILES string of the molecule is CCCCCC(C)([CH][CH][CH]C(C)=O)O[C-]=O.[C-]#[O+].[C-]#[O+].[C-]#[O+].[Fe]. The van der Waals surface area contributed by atoms with Crippen LogP contribution in [0.5, 0.6) is 0 Å². The number of hydrogen-bond donors (Lipinski definition) is 0. The molecule has 1 atom stereocenters. The molecule has 0 fully saturated rings. The normalized spacial score (nSPS) is 10.1. The summed E-state index contributed by atoms with van der Waals surface area (Å²) in [4.78, 5) is 21.0. The van der Waals surface area contributed by atoms with E-state index < -0.39 is 5.60 Å². The summed E-state index contributed by atoms with van der Waals surface area (Å²) in [6, 6.07) is 0. The maximum absolute atomic E-state index is 10.7. The summed E-state index contributed by atoms with van der Waals surface area (Å²) in [6.45, 7) is 20.4. The molecular formula is C16H20FeO6-. The molecule has 1 unspecified atom stereocenters. The van der Waals surface area contributed by atoms with Gasteiger partial charge in [-0.15, -0.1) is 0 Å². The summed E-state index contributed by atoms with van der Waals surface area (Å²) in [5, 5.41) is 0. The Labute approximate surface area is 149 Å². The zero-order valence-electron chi connectivity index (χ0n) is 13.4. The van der Waals surface area contributed by atoms with E-state index in [1.165, 1.54) is 19.8 Å². The minimum absolute atomic E-state index is 0. The van der Waals surface area contributed by atoms with Crippen LogP contribution in [0.15, 0.2) is 0 Å². The fraction of sp³-hybridized carbons (Fsp3) is 0.500. The van der Waals surface area contributed by atoms with E-state index in [1.54, 1.807) is 12.8 Å². The van der Waals surface area contributed by atoms with Gasteiger partial charge in [-0.25, -0.2) is 0 Å². The molecule has 3 radical (unpaired) electrons. The van der Waals surface area contributed by atoms with E-state index in [1.807, 2.05) is 6.92 Å². The van der Waals surface area contributed by atoms with Gasteiger partial charge in [-0.2, -0.15) is 0 Å². The molecule has 6 nitrogen and oxygen atoms in total. The van der Waals surface area contributed by atoms with Crippen LogP contribution in [-0.2, 0) is 45.4 Å². The van der Waals surface area contributed by atoms with Gasteiger partial charge in [-0.1, -0.05) is 26.2 Å². The molecule has 0 aliphatic carbocycles. The third-order valence-electron chi connectivity index (χ3n) is 2.33. The minimum atomic E-state index is -0.650. The van der Waals surface area contributed by atoms with Gasteiger partial charge in [-0.05, 0) is 33.1 Å². The second kappa shape index (κ2) is 29.0. The average Bonchev–Trinajstić information content (AvgIpc) is 2.53. The first kappa shape index (κ1) is 33.5. The molecule has 0 aromatic heterocycles. The summed E-state index contributed by atoms with van der Waals surface area (Å²) in [6.07, 6.45) is 8.76. The molecule has 0 aromatic carbocycles. The van der Waals surface area contributed by atoms with Crippen molar-refractivity contribution in [2.45, 2.75) is 52.1 Å². The monoisotopic (exact) mass is 364 g/mol. The Bertz CT molecular complexity index is 310. The Kier molecular flexibility index (Phi) is 42.2. The smallest absolute Gasteiger partial charge is 0 e. The first-order valence-electron chi connectivity index (χ1n) is 6.23. The number of rotatable bonds is 10. The molecule has 0 N–H and O–H groups in total. The average molecular weight is 364 g/mol. The van der Waals surface area contributed by atoms with Crippen LogP contribution >= 0.6 is 0 Å². The molecule has 0 aliphatic rings. The molecule has 0 amide bonds. The topological polar surface area (TPSA) is 103 Å². The zero-order chi connectivity index (χ0) is 18.4. The number of carbonyl (C=O) groups excluding carboxylic acids is 2. The predicted molar refractivity (Wildman–Crippen MR) is 74.7 cm³/mol. The van der Waals surface area contributed by atoms with Gasteiger partial charge in [0, 0.05) is 29.9 Å². The van der Waals surface area contributed by atoms with Crippen LogP contribution in [0.4, 0.5) is 0 Å². The van der Waals surface area contributed by atoms with Gasteiger partial charge in [-0.3, -0.25) is 4.79 Å². The molecule has 0 rings (SSSR count). The summed E-state index contributed by atoms with van der Waals surface area (Å²) in [5.41, 5.74) is -0.650. The van der Waals surface area contributed by atoms with Crippen molar-refractivity contribution in [2.24, 2.45) is 0 Å². The van der Waals surface area contributed by atoms with Crippen LogP contribution in [0, 0.1) is 39.2 Å². The van der Waals surface area contributed by atoms with Crippen LogP contribution in [0.2, 0.25) is 0 Å². The predicted octanol–water partition coefficient (Wildman–Crippen LogP) is 2.50. The molecule has 0 heterocycles. The standard InChI is InChI=1S/C13H20O3.3CO.Fe/c1-4-5-6-9-13(3,16-11-14)10-7-8-12(2)15;3*1-2;/h7-8,10H,4-6,9H2,1-3H3;;;;/q-1;;;;. The maximum Gasteiger partial charge on any atom is 0 e. The van der Waals surface area contributed by atoms with Crippen molar-refractivity contribution in [1.82, 2.24) is 0 Å². The number of ether oxygens (including phenoxy) is 1. The molecule has 7 heteroatoms. The fourth-order valence-corrected chi connectivity index (χ4v) is 1.38. The van der Waals surface area contributed by atoms with E-state index in [4.69, 9.17) is 18.7 Å². The molecule has 0 saturated carbocycles. The van der Waals surface area contributed by atoms with Gasteiger partial charge >= 0.3 is 33.9 Å². The van der Waals surface area contributed by atoms with Gasteiger partial charge in [0.1, 0.15) is 5.78 Å². The van der Waals surface area contributed by atoms with Gasteiger partial charge in [0.2, 0.25) is 0 Å². The maximum atomic E-state index is 10.7. The van der Waals surface area contributed by atoms with Crippen LogP contribution in [0.25, 0.3) is 0 Å². The molecular weight excluding hydrogens is 344 g/mol. The Morgan fingerprint density at radius 2 is 1.65 bits per heavy atom. The van der Waals surface area contributed by atoms with E-state index in [0.29, 0.717) is 0 Å². The van der Waals surface area contributed by atoms with E-state index in [0.717, 1.165) is 25.7 Å². The zero-order valence-corrected chi connectivity index (χ0v) is 14.5. The van der Waals surface area contributed by atoms with Crippen LogP contribution in [0.3, 0.4) is 0 Å². The third-order valence-corrected chi connectivity index (χ3v) is 2.33. The molecule has 0 aliphatic heterocycles. The quantitative estimate of drug-likeness (QED) is 0.257. The largest absolute Gasteiger partial charge is 0 e. The molecule has 0 spiro atoms. The Balaban J connectivity index is -0.000000137. The molecule has 23 heavy (non-hydrogen) atoms. The molecule has 129 valence electrons. The Morgan fingerprint density at radius 3 is 2.00 bits per heavy atom. The first-order valence-corrected chi connectivity index (χ1v) is 6.23. The number of carbonyl (C=O) groups is 1. The Hall–Kier alpha value is -1.12. The second-order valence-corrected chi connectivity index (χ2v) is 4.09. The third kappa shape index (κ3) is 29.5. The van der Waals surface area contributed by atoms with Crippen molar-refractivity contribution < 1.29 is 45.4 Å². The van der Waals surface area contributed by atoms with Crippen molar-refractivity contribution in [3.8, 4) is 0 Å². The van der Waals surface area contributed by atoms with Gasteiger partial charge in [0.15, 0.2) is 0 Å². The van der Waals surface area contributed by atoms with Crippen molar-refractivity contribution in [2.75, 3.05) is 0 Å². The van der Waals surface area contributed by atoms with Crippen molar-refractivity contribution in [3.05, 3.63) is 39.2 Å². The van der Waals surface area contributed by atoms with E-state index in [-0.39, 0.29) is 22.9 Å². The summed E-state index contributed by atoms with van der Waals surface area (Å²) in [5.74, 6) is -0.0257. The summed E-state index contributed by atoms with van der Waals surface area (Å²) < 4.78 is 27.4. The summed E-state index contributed by atoms with van der Waals surface area (Å²) in [7, 11) is 0. The molecule has 0 aromatic rings. The van der Waals surface area contributed by atoms with E-state index in [9.17, 15) is 9.59 Å². The molecule has 0 bridgehead atoms. The van der Waals surface area contributed by atoms with E-state index in [2.05, 4.69) is 26.9 Å². The minimum Gasteiger partial charge on any atom is 0 e. The fourth-order valence-electron chi connectivity index (χ4n) is 1.38. The number of ketones is 1. The van der Waals surface area contributed by atoms with Gasteiger partial charge < -0.3 is 9.53 Å². The van der Waals surface area contributed by atoms with Crippen LogP contribution < -0.4 is 0 Å². The summed E-state index contributed by atoms with van der Waals surface area (Å²) >= 11 is 0. The van der Waals surface area contributed by atoms with Gasteiger partial charge in [0.25, 0.3) is 0 Å². The van der Waals surface area contributed by atoms with Crippen LogP contribution in [-0.4, -0.2) is 17.9 Å². The second-order valence-electron chi connectivity index (χ2n) is 4.09. The van der Waals surface area contributed by atoms with Crippen molar-refractivity contribution in [1.29, 1.82) is 0 Å². The number of Topliss-reactive ketones (excluding diaryl/α,β-unsaturated/α-hetero) is 1. The van der Waals surface area contributed by atoms with Gasteiger partial charge in [0.05, 0.1) is 5.60 Å². The Morgan fingerprint density at radius 1 is 1.17 bits per heavy atom. The van der Waals surface area contributed by atoms with Crippen molar-refractivity contribution in [3.63, 3.8) is 0 Å². The first-order chi connectivity index (χ1) is 10.5. The molecule has 0 saturated heterocycles. The number of hydrogen-bond acceptors (Lipinski definition) is 3. The van der Waals surface area contributed by atoms with Crippen molar-refractivity contribution >= 4 is 12.3 Å². The number of unbranched alkanes of at least 4 members (excludes halogenated alkanes) is 2. The van der Waals surface area contributed by atoms with E-state index >= 15 is 0 Å².